The van der Waals surface area contributed by atoms with Crippen molar-refractivity contribution in [2.24, 2.45) is 0 Å². The van der Waals surface area contributed by atoms with Crippen molar-refractivity contribution in [3.63, 3.8) is 0 Å². The van der Waals surface area contributed by atoms with Crippen molar-refractivity contribution in [2.75, 3.05) is 26.4 Å². The van der Waals surface area contributed by atoms with Crippen molar-refractivity contribution in [2.45, 2.75) is 74.8 Å². The third kappa shape index (κ3) is 7.29. The van der Waals surface area contributed by atoms with Crippen LogP contribution in [0.2, 0.25) is 5.02 Å². The van der Waals surface area contributed by atoms with Crippen LogP contribution in [0.1, 0.15) is 48.5 Å². The summed E-state index contributed by atoms with van der Waals surface area (Å²) in [7, 11) is 0. The van der Waals surface area contributed by atoms with Gasteiger partial charge in [-0.15, -0.1) is 0 Å². The predicted molar refractivity (Wildman–Crippen MR) is 143 cm³/mol. The van der Waals surface area contributed by atoms with Crippen LogP contribution in [0.5, 0.6) is 5.75 Å². The molecule has 4 N–H and O–H groups in total. The molecule has 10 heteroatoms. The maximum Gasteiger partial charge on any atom is 0.323 e. The molecule has 0 bridgehead atoms. The fourth-order valence-electron chi connectivity index (χ4n) is 4.95. The van der Waals surface area contributed by atoms with E-state index in [1.165, 1.54) is 0 Å². The lowest BCUT2D eigenvalue weighted by atomic mass is 9.90. The van der Waals surface area contributed by atoms with Crippen LogP contribution in [-0.4, -0.2) is 84.2 Å². The van der Waals surface area contributed by atoms with E-state index < -0.39 is 36.5 Å². The highest BCUT2D eigenvalue weighted by molar-refractivity contribution is 6.31. The molecule has 2 aromatic carbocycles. The first-order valence-electron chi connectivity index (χ1n) is 13.6. The van der Waals surface area contributed by atoms with Crippen LogP contribution < -0.4 is 10.1 Å². The van der Waals surface area contributed by atoms with E-state index in [0.29, 0.717) is 42.7 Å². The zero-order valence-corrected chi connectivity index (χ0v) is 22.5. The van der Waals surface area contributed by atoms with Gasteiger partial charge in [0.1, 0.15) is 55.5 Å². The Bertz CT molecular complexity index is 1100. The van der Waals surface area contributed by atoms with Gasteiger partial charge in [-0.2, -0.15) is 0 Å². The van der Waals surface area contributed by atoms with Gasteiger partial charge in [0, 0.05) is 5.02 Å². The lowest BCUT2D eigenvalue weighted by Gasteiger charge is -2.40. The highest BCUT2D eigenvalue weighted by atomic mass is 35.5. The number of benzene rings is 2. The normalized spacial score (nSPS) is 28.8. The maximum absolute atomic E-state index is 12.3. The summed E-state index contributed by atoms with van der Waals surface area (Å²) in [6.45, 7) is 1.60. The Kier molecular flexibility index (Phi) is 9.40. The van der Waals surface area contributed by atoms with Gasteiger partial charge in [0.05, 0.1) is 12.7 Å². The summed E-state index contributed by atoms with van der Waals surface area (Å²) < 4.78 is 22.7. The van der Waals surface area contributed by atoms with Crippen LogP contribution in [-0.2, 0) is 25.4 Å². The van der Waals surface area contributed by atoms with Gasteiger partial charge in [0.15, 0.2) is 0 Å². The fourth-order valence-corrected chi connectivity index (χ4v) is 5.14. The lowest BCUT2D eigenvalue weighted by molar-refractivity contribution is -0.234. The van der Waals surface area contributed by atoms with Gasteiger partial charge in [-0.05, 0) is 73.5 Å². The van der Waals surface area contributed by atoms with Crippen LogP contribution in [0.15, 0.2) is 42.5 Å². The topological polar surface area (TPSA) is 127 Å². The first-order chi connectivity index (χ1) is 18.9. The number of hydrogen-bond donors (Lipinski definition) is 4. The quantitative estimate of drug-likeness (QED) is 0.241. The van der Waals surface area contributed by atoms with Crippen molar-refractivity contribution in [1.82, 2.24) is 5.32 Å². The molecule has 9 nitrogen and oxygen atoms in total. The molecule has 0 amide bonds. The number of nitrogens with one attached hydrogen (secondary N) is 1. The van der Waals surface area contributed by atoms with Gasteiger partial charge in [-0.3, -0.25) is 4.79 Å². The number of ether oxygens (including phenoxy) is 4. The molecule has 6 atom stereocenters. The molecule has 2 aromatic rings. The predicted octanol–water partition coefficient (Wildman–Crippen LogP) is 2.31. The van der Waals surface area contributed by atoms with E-state index >= 15 is 0 Å². The Hall–Kier alpha value is -2.24. The van der Waals surface area contributed by atoms with Crippen LogP contribution in [0.25, 0.3) is 0 Å². The molecular weight excluding hydrogens is 526 g/mol. The molecular formula is C29H36ClNO8. The zero-order chi connectivity index (χ0) is 27.4. The molecule has 0 spiro atoms. The molecule has 5 rings (SSSR count). The Morgan fingerprint density at radius 2 is 1.79 bits per heavy atom. The molecule has 2 saturated heterocycles. The van der Waals surface area contributed by atoms with E-state index in [4.69, 9.17) is 30.5 Å². The monoisotopic (exact) mass is 561 g/mol. The van der Waals surface area contributed by atoms with E-state index in [1.807, 2.05) is 30.3 Å². The summed E-state index contributed by atoms with van der Waals surface area (Å²) in [5.74, 6) is 0.344. The summed E-state index contributed by atoms with van der Waals surface area (Å²) in [5.41, 5.74) is 2.42. The van der Waals surface area contributed by atoms with E-state index in [-0.39, 0.29) is 12.6 Å². The average molecular weight is 562 g/mol. The summed E-state index contributed by atoms with van der Waals surface area (Å²) in [6.07, 6.45) is -1.40. The summed E-state index contributed by atoms with van der Waals surface area (Å²) in [6, 6.07) is 12.6. The number of aliphatic hydroxyl groups is 3. The molecule has 1 aliphatic carbocycles. The number of aliphatic hydroxyl groups excluding tert-OH is 3. The first kappa shape index (κ1) is 28.3. The van der Waals surface area contributed by atoms with Crippen LogP contribution in [0.3, 0.4) is 0 Å². The Morgan fingerprint density at radius 3 is 2.51 bits per heavy atom. The van der Waals surface area contributed by atoms with Crippen LogP contribution >= 0.6 is 11.6 Å². The number of carbonyl (C=O) groups excluding carboxylic acids is 1. The molecule has 0 radical (unpaired) electrons. The third-order valence-electron chi connectivity index (χ3n) is 7.39. The number of halogens is 1. The van der Waals surface area contributed by atoms with Crippen molar-refractivity contribution < 1.29 is 39.1 Å². The van der Waals surface area contributed by atoms with Gasteiger partial charge in [-0.1, -0.05) is 35.9 Å². The van der Waals surface area contributed by atoms with Crippen LogP contribution in [0.4, 0.5) is 0 Å². The fraction of sp³-hybridized carbons (Fsp3) is 0.552. The van der Waals surface area contributed by atoms with E-state index in [1.54, 1.807) is 12.1 Å². The maximum atomic E-state index is 12.3. The largest absolute Gasteiger partial charge is 0.491 e. The second-order valence-corrected chi connectivity index (χ2v) is 10.8. The highest BCUT2D eigenvalue weighted by Crippen LogP contribution is 2.35. The van der Waals surface area contributed by atoms with Crippen LogP contribution in [0, 0.1) is 0 Å². The molecule has 1 saturated carbocycles. The number of hydrogen-bond acceptors (Lipinski definition) is 9. The van der Waals surface area contributed by atoms with E-state index in [2.05, 4.69) is 5.32 Å². The van der Waals surface area contributed by atoms with Gasteiger partial charge < -0.3 is 39.6 Å². The van der Waals surface area contributed by atoms with Crippen molar-refractivity contribution in [3.8, 4) is 5.75 Å². The molecule has 0 aromatic heterocycles. The minimum absolute atomic E-state index is 0.236. The molecule has 0 unspecified atom stereocenters. The smallest absolute Gasteiger partial charge is 0.323 e. The zero-order valence-electron chi connectivity index (χ0n) is 21.7. The Labute approximate surface area is 233 Å². The second kappa shape index (κ2) is 13.0. The standard InChI is InChI=1S/C29H36ClNO8/c30-22-10-5-18(15-19(22)14-17-3-6-20(7-4-17)36-12-13-37-21-8-9-21)28-27(34)26(33)25(32)24(39-28)16-38-29(35)23-2-1-11-31-23/h3-7,10,15,21,23-28,31-34H,1-2,8-9,11-14,16H2/t23-,24+,25+,26-,27+,28-/m0/s1. The van der Waals surface area contributed by atoms with Crippen molar-refractivity contribution in [1.29, 1.82) is 0 Å². The average Bonchev–Trinajstić information content (AvgIpc) is 3.60. The van der Waals surface area contributed by atoms with Gasteiger partial charge >= 0.3 is 5.97 Å². The van der Waals surface area contributed by atoms with E-state index in [0.717, 1.165) is 42.7 Å². The summed E-state index contributed by atoms with van der Waals surface area (Å²) >= 11 is 6.50. The third-order valence-corrected chi connectivity index (χ3v) is 7.76. The Balaban J connectivity index is 1.21. The molecule has 39 heavy (non-hydrogen) atoms. The van der Waals surface area contributed by atoms with Gasteiger partial charge in [0.2, 0.25) is 0 Å². The minimum Gasteiger partial charge on any atom is -0.491 e. The molecule has 2 heterocycles. The second-order valence-electron chi connectivity index (χ2n) is 10.4. The Morgan fingerprint density at radius 1 is 1.00 bits per heavy atom. The number of carbonyl (C=O) groups is 1. The van der Waals surface area contributed by atoms with E-state index in [9.17, 15) is 20.1 Å². The number of rotatable bonds is 11. The number of esters is 1. The molecule has 3 fully saturated rings. The van der Waals surface area contributed by atoms with Gasteiger partial charge in [0.25, 0.3) is 0 Å². The molecule has 212 valence electrons. The lowest BCUT2D eigenvalue weighted by Crippen LogP contribution is -2.55. The van der Waals surface area contributed by atoms with Gasteiger partial charge in [-0.25, -0.2) is 0 Å². The first-order valence-corrected chi connectivity index (χ1v) is 14.0. The van der Waals surface area contributed by atoms with Crippen molar-refractivity contribution in [3.05, 3.63) is 64.2 Å². The molecule has 3 aliphatic rings. The summed E-state index contributed by atoms with van der Waals surface area (Å²) in [4.78, 5) is 12.3. The summed E-state index contributed by atoms with van der Waals surface area (Å²) in [5, 5.41) is 35.4. The van der Waals surface area contributed by atoms with Crippen molar-refractivity contribution >= 4 is 17.6 Å². The minimum atomic E-state index is -1.47. The SMILES string of the molecule is O=C(OC[C@H]1O[C@@H](c2ccc(Cl)c(Cc3ccc(OCCOC4CC4)cc3)c2)[C@H](O)[C@@H](O)[C@@H]1O)[C@@H]1CCCN1. The molecule has 2 aliphatic heterocycles. The highest BCUT2D eigenvalue weighted by Gasteiger charge is 2.45.